The van der Waals surface area contributed by atoms with Gasteiger partial charge in [-0.1, -0.05) is 6.07 Å². The maximum atomic E-state index is 12.2. The minimum atomic E-state index is -0.533. The summed E-state index contributed by atoms with van der Waals surface area (Å²) < 4.78 is 26.3. The summed E-state index contributed by atoms with van der Waals surface area (Å²) in [6.07, 6.45) is 1.62. The molecule has 0 spiro atoms. The number of carbonyl (C=O) groups excluding carboxylic acids is 1. The van der Waals surface area contributed by atoms with Crippen molar-refractivity contribution in [1.29, 1.82) is 0 Å². The van der Waals surface area contributed by atoms with Gasteiger partial charge in [0.15, 0.2) is 28.7 Å². The van der Waals surface area contributed by atoms with Gasteiger partial charge in [0.25, 0.3) is 0 Å². The summed E-state index contributed by atoms with van der Waals surface area (Å²) in [6, 6.07) is 10.5. The summed E-state index contributed by atoms with van der Waals surface area (Å²) in [5.41, 5.74) is 1.53. The van der Waals surface area contributed by atoms with E-state index in [2.05, 4.69) is 4.99 Å². The highest BCUT2D eigenvalue weighted by atomic mass is 16.6. The molecular formula is C20H19NO6. The molecule has 0 saturated heterocycles. The van der Waals surface area contributed by atoms with Crippen molar-refractivity contribution < 1.29 is 28.5 Å². The molecule has 140 valence electrons. The average Bonchev–Trinajstić information content (AvgIpc) is 3.07. The number of methoxy groups -OCH3 is 4. The van der Waals surface area contributed by atoms with Crippen LogP contribution in [0.2, 0.25) is 0 Å². The van der Waals surface area contributed by atoms with E-state index < -0.39 is 5.97 Å². The van der Waals surface area contributed by atoms with Crippen LogP contribution in [0.25, 0.3) is 6.08 Å². The van der Waals surface area contributed by atoms with Gasteiger partial charge >= 0.3 is 5.97 Å². The smallest absolute Gasteiger partial charge is 0.363 e. The van der Waals surface area contributed by atoms with Crippen molar-refractivity contribution in [1.82, 2.24) is 0 Å². The van der Waals surface area contributed by atoms with Crippen molar-refractivity contribution in [2.24, 2.45) is 4.99 Å². The first-order valence-corrected chi connectivity index (χ1v) is 8.06. The largest absolute Gasteiger partial charge is 0.493 e. The van der Waals surface area contributed by atoms with E-state index in [0.29, 0.717) is 28.6 Å². The molecule has 0 unspecified atom stereocenters. The molecule has 7 nitrogen and oxygen atoms in total. The van der Waals surface area contributed by atoms with Crippen LogP contribution in [-0.2, 0) is 9.53 Å². The van der Waals surface area contributed by atoms with Crippen molar-refractivity contribution in [3.05, 3.63) is 53.2 Å². The van der Waals surface area contributed by atoms with Gasteiger partial charge in [0.1, 0.15) is 0 Å². The Hall–Kier alpha value is -3.48. The average molecular weight is 369 g/mol. The van der Waals surface area contributed by atoms with Crippen molar-refractivity contribution in [2.75, 3.05) is 28.4 Å². The molecule has 0 fully saturated rings. The van der Waals surface area contributed by atoms with E-state index in [0.717, 1.165) is 5.56 Å². The summed E-state index contributed by atoms with van der Waals surface area (Å²) in [5.74, 6) is 1.92. The molecular weight excluding hydrogens is 350 g/mol. The van der Waals surface area contributed by atoms with Crippen LogP contribution in [0.15, 0.2) is 47.1 Å². The maximum Gasteiger partial charge on any atom is 0.363 e. The van der Waals surface area contributed by atoms with Crippen molar-refractivity contribution in [3.63, 3.8) is 0 Å². The Balaban J connectivity index is 1.93. The van der Waals surface area contributed by atoms with Crippen LogP contribution in [-0.4, -0.2) is 40.3 Å². The number of nitrogens with zero attached hydrogens (tertiary/aromatic N) is 1. The number of carbonyl (C=O) groups is 1. The third kappa shape index (κ3) is 3.72. The molecule has 0 N–H and O–H groups in total. The van der Waals surface area contributed by atoms with E-state index in [9.17, 15) is 4.79 Å². The number of ether oxygens (including phenoxy) is 5. The second kappa shape index (κ2) is 7.82. The van der Waals surface area contributed by atoms with Crippen molar-refractivity contribution in [2.45, 2.75) is 0 Å². The van der Waals surface area contributed by atoms with E-state index >= 15 is 0 Å². The summed E-state index contributed by atoms with van der Waals surface area (Å²) in [5, 5.41) is 0. The molecule has 1 heterocycles. The Morgan fingerprint density at radius 2 is 1.41 bits per heavy atom. The number of benzene rings is 2. The normalized spacial score (nSPS) is 14.6. The molecule has 0 aromatic heterocycles. The first kappa shape index (κ1) is 18.3. The highest BCUT2D eigenvalue weighted by Crippen LogP contribution is 2.31. The Morgan fingerprint density at radius 1 is 0.815 bits per heavy atom. The summed E-state index contributed by atoms with van der Waals surface area (Å²) in [7, 11) is 6.19. The third-order valence-electron chi connectivity index (χ3n) is 3.96. The number of esters is 1. The standard InChI is InChI=1S/C20H19NO6/c1-23-15-7-5-12(10-17(15)25-3)9-14-20(22)27-19(21-14)13-6-8-16(24-2)18(11-13)26-4/h5-11H,1-4H3. The van der Waals surface area contributed by atoms with Gasteiger partial charge in [-0.25, -0.2) is 9.79 Å². The number of rotatable bonds is 6. The molecule has 0 atom stereocenters. The second-order valence-corrected chi connectivity index (χ2v) is 5.52. The summed E-state index contributed by atoms with van der Waals surface area (Å²) in [6.45, 7) is 0. The van der Waals surface area contributed by atoms with Gasteiger partial charge in [-0.3, -0.25) is 0 Å². The van der Waals surface area contributed by atoms with Gasteiger partial charge in [-0.15, -0.1) is 0 Å². The molecule has 0 aliphatic carbocycles. The Bertz CT molecular complexity index is 932. The van der Waals surface area contributed by atoms with Crippen molar-refractivity contribution in [3.8, 4) is 23.0 Å². The van der Waals surface area contributed by atoms with Gasteiger partial charge in [0, 0.05) is 5.56 Å². The Kier molecular flexibility index (Phi) is 5.30. The zero-order valence-corrected chi connectivity index (χ0v) is 15.4. The minimum Gasteiger partial charge on any atom is -0.493 e. The molecule has 27 heavy (non-hydrogen) atoms. The van der Waals surface area contributed by atoms with E-state index in [1.165, 1.54) is 7.11 Å². The van der Waals surface area contributed by atoms with Crippen LogP contribution < -0.4 is 18.9 Å². The monoisotopic (exact) mass is 369 g/mol. The van der Waals surface area contributed by atoms with E-state index in [1.807, 2.05) is 0 Å². The van der Waals surface area contributed by atoms with Crippen LogP contribution in [0.5, 0.6) is 23.0 Å². The van der Waals surface area contributed by atoms with E-state index in [4.69, 9.17) is 23.7 Å². The first-order chi connectivity index (χ1) is 13.1. The fourth-order valence-electron chi connectivity index (χ4n) is 2.60. The molecule has 7 heteroatoms. The van der Waals surface area contributed by atoms with Gasteiger partial charge in [0.05, 0.1) is 28.4 Å². The van der Waals surface area contributed by atoms with E-state index in [1.54, 1.807) is 63.8 Å². The molecule has 0 amide bonds. The molecule has 1 aliphatic heterocycles. The lowest BCUT2D eigenvalue weighted by molar-refractivity contribution is -0.129. The number of cyclic esters (lactones) is 1. The van der Waals surface area contributed by atoms with Crippen LogP contribution >= 0.6 is 0 Å². The zero-order chi connectivity index (χ0) is 19.4. The van der Waals surface area contributed by atoms with Crippen LogP contribution in [0, 0.1) is 0 Å². The molecule has 0 saturated carbocycles. The number of hydrogen-bond donors (Lipinski definition) is 0. The van der Waals surface area contributed by atoms with Crippen LogP contribution in [0.1, 0.15) is 11.1 Å². The molecule has 1 aliphatic rings. The summed E-state index contributed by atoms with van der Waals surface area (Å²) >= 11 is 0. The molecule has 3 rings (SSSR count). The van der Waals surface area contributed by atoms with Gasteiger partial charge in [0.2, 0.25) is 5.90 Å². The number of aliphatic imine (C=N–C) groups is 1. The summed E-state index contributed by atoms with van der Waals surface area (Å²) in [4.78, 5) is 16.5. The predicted molar refractivity (Wildman–Crippen MR) is 99.7 cm³/mol. The molecule has 2 aromatic rings. The van der Waals surface area contributed by atoms with E-state index in [-0.39, 0.29) is 11.6 Å². The fraction of sp³-hybridized carbons (Fsp3) is 0.200. The quantitative estimate of drug-likeness (QED) is 0.575. The zero-order valence-electron chi connectivity index (χ0n) is 15.4. The lowest BCUT2D eigenvalue weighted by Gasteiger charge is -2.08. The molecule has 0 radical (unpaired) electrons. The molecule has 2 aromatic carbocycles. The Morgan fingerprint density at radius 3 is 2.04 bits per heavy atom. The second-order valence-electron chi connectivity index (χ2n) is 5.52. The fourth-order valence-corrected chi connectivity index (χ4v) is 2.60. The first-order valence-electron chi connectivity index (χ1n) is 8.06. The highest BCUT2D eigenvalue weighted by molar-refractivity contribution is 6.13. The third-order valence-corrected chi connectivity index (χ3v) is 3.96. The maximum absolute atomic E-state index is 12.2. The predicted octanol–water partition coefficient (Wildman–Crippen LogP) is 3.07. The van der Waals surface area contributed by atoms with Crippen molar-refractivity contribution >= 4 is 17.9 Å². The van der Waals surface area contributed by atoms with Gasteiger partial charge in [-0.2, -0.15) is 0 Å². The minimum absolute atomic E-state index is 0.187. The van der Waals surface area contributed by atoms with Gasteiger partial charge in [-0.05, 0) is 42.0 Å². The highest BCUT2D eigenvalue weighted by Gasteiger charge is 2.25. The topological polar surface area (TPSA) is 75.6 Å². The lowest BCUT2D eigenvalue weighted by atomic mass is 10.1. The van der Waals surface area contributed by atoms with Crippen LogP contribution in [0.3, 0.4) is 0 Å². The number of hydrogen-bond acceptors (Lipinski definition) is 7. The van der Waals surface area contributed by atoms with Gasteiger partial charge < -0.3 is 23.7 Å². The SMILES string of the molecule is COc1ccc(C=C2N=C(c3ccc(OC)c(OC)c3)OC2=O)cc1OC. The lowest BCUT2D eigenvalue weighted by Crippen LogP contribution is -2.06. The van der Waals surface area contributed by atoms with Crippen LogP contribution in [0.4, 0.5) is 0 Å². The molecule has 0 bridgehead atoms. The Labute approximate surface area is 156 Å².